The van der Waals surface area contributed by atoms with Crippen molar-refractivity contribution in [3.63, 3.8) is 0 Å². The average molecular weight is 590 g/mol. The Morgan fingerprint density at radius 2 is 1.62 bits per heavy atom. The average Bonchev–Trinajstić information content (AvgIpc) is 3.02. The first-order valence-electron chi connectivity index (χ1n) is 15.8. The maximum atomic E-state index is 9.14. The molecule has 4 heterocycles. The number of aryl methyl sites for hydroxylation is 1. The van der Waals surface area contributed by atoms with Gasteiger partial charge in [0, 0.05) is 50.2 Å². The summed E-state index contributed by atoms with van der Waals surface area (Å²) in [5.74, 6) is 0.508. The molecule has 0 spiro atoms. The maximum absolute atomic E-state index is 9.14. The second kappa shape index (κ2) is 21.4. The number of pyridine rings is 2. The van der Waals surface area contributed by atoms with E-state index in [1.165, 1.54) is 17.1 Å². The van der Waals surface area contributed by atoms with Gasteiger partial charge in [-0.3, -0.25) is 9.97 Å². The monoisotopic (exact) mass is 589 g/mol. The van der Waals surface area contributed by atoms with Crippen LogP contribution in [0.3, 0.4) is 0 Å². The zero-order valence-electron chi connectivity index (χ0n) is 27.8. The first-order chi connectivity index (χ1) is 20.2. The summed E-state index contributed by atoms with van der Waals surface area (Å²) in [5, 5.41) is 17.2. The lowest BCUT2D eigenvalue weighted by Crippen LogP contribution is -2.44. The van der Waals surface area contributed by atoms with Gasteiger partial charge in [-0.15, -0.1) is 0 Å². The van der Waals surface area contributed by atoms with Crippen LogP contribution in [0.1, 0.15) is 77.9 Å². The molecular formula is C33H59N5O4. The zero-order chi connectivity index (χ0) is 31.5. The van der Waals surface area contributed by atoms with Crippen LogP contribution in [0.25, 0.3) is 0 Å². The first kappa shape index (κ1) is 37.7. The fourth-order valence-corrected chi connectivity index (χ4v) is 4.39. The molecule has 9 heteroatoms. The Labute approximate surface area is 255 Å². The van der Waals surface area contributed by atoms with E-state index in [2.05, 4.69) is 78.8 Å². The Kier molecular flexibility index (Phi) is 19.2. The summed E-state index contributed by atoms with van der Waals surface area (Å²) in [6.45, 7) is 20.8. The van der Waals surface area contributed by atoms with E-state index >= 15 is 0 Å². The number of hydrogen-bond donors (Lipinski definition) is 2. The van der Waals surface area contributed by atoms with Gasteiger partial charge in [0.1, 0.15) is 0 Å². The number of rotatable bonds is 8. The number of aliphatic hydroxyl groups excluding tert-OH is 2. The van der Waals surface area contributed by atoms with Crippen LogP contribution >= 0.6 is 0 Å². The fraction of sp³-hybridized carbons (Fsp3) is 0.697. The summed E-state index contributed by atoms with van der Waals surface area (Å²) in [7, 11) is 4.17. The lowest BCUT2D eigenvalue weighted by atomic mass is 10.0. The highest BCUT2D eigenvalue weighted by atomic mass is 16.5. The van der Waals surface area contributed by atoms with Crippen LogP contribution in [0.4, 0.5) is 11.4 Å². The van der Waals surface area contributed by atoms with Crippen LogP contribution in [0.15, 0.2) is 30.5 Å². The molecule has 2 saturated heterocycles. The molecule has 2 fully saturated rings. The van der Waals surface area contributed by atoms with Gasteiger partial charge in [0.25, 0.3) is 0 Å². The van der Waals surface area contributed by atoms with Gasteiger partial charge in [-0.2, -0.15) is 0 Å². The quantitative estimate of drug-likeness (QED) is 0.452. The van der Waals surface area contributed by atoms with Crippen molar-refractivity contribution in [1.82, 2.24) is 14.9 Å². The van der Waals surface area contributed by atoms with Crippen molar-refractivity contribution in [2.75, 3.05) is 76.5 Å². The van der Waals surface area contributed by atoms with Gasteiger partial charge in [0.15, 0.2) is 0 Å². The highest BCUT2D eigenvalue weighted by Gasteiger charge is 2.20. The maximum Gasteiger partial charge on any atom is 0.0980 e. The molecule has 9 nitrogen and oxygen atoms in total. The van der Waals surface area contributed by atoms with E-state index in [1.807, 2.05) is 20.0 Å². The highest BCUT2D eigenvalue weighted by Crippen LogP contribution is 2.23. The zero-order valence-corrected chi connectivity index (χ0v) is 27.8. The third-order valence-corrected chi connectivity index (χ3v) is 6.78. The SMILES string of the molecule is CC.CC(C)O.CCC(C)c1ccc(N2CCOC(CO)C2)cn1.CCc1ccc(N2CCOCC2)c(CN(C)C)n1. The minimum atomic E-state index is -0.167. The van der Waals surface area contributed by atoms with Crippen molar-refractivity contribution < 1.29 is 19.7 Å². The van der Waals surface area contributed by atoms with Crippen molar-refractivity contribution in [1.29, 1.82) is 0 Å². The van der Waals surface area contributed by atoms with Gasteiger partial charge in [0.2, 0.25) is 0 Å². The molecule has 2 aliphatic heterocycles. The number of aromatic nitrogens is 2. The first-order valence-corrected chi connectivity index (χ1v) is 15.8. The molecule has 2 aliphatic rings. The minimum absolute atomic E-state index is 0.0759. The number of anilines is 2. The summed E-state index contributed by atoms with van der Waals surface area (Å²) < 4.78 is 10.9. The minimum Gasteiger partial charge on any atom is -0.394 e. The van der Waals surface area contributed by atoms with Crippen LogP contribution in [0.5, 0.6) is 0 Å². The molecule has 2 aromatic heterocycles. The second-order valence-corrected chi connectivity index (χ2v) is 10.9. The van der Waals surface area contributed by atoms with Crippen LogP contribution < -0.4 is 9.80 Å². The highest BCUT2D eigenvalue weighted by molar-refractivity contribution is 5.51. The molecule has 0 aliphatic carbocycles. The fourth-order valence-electron chi connectivity index (χ4n) is 4.39. The molecule has 0 radical (unpaired) electrons. The Morgan fingerprint density at radius 1 is 0.976 bits per heavy atom. The van der Waals surface area contributed by atoms with E-state index in [4.69, 9.17) is 24.7 Å². The smallest absolute Gasteiger partial charge is 0.0980 e. The number of ether oxygens (including phenoxy) is 2. The van der Waals surface area contributed by atoms with Gasteiger partial charge in [-0.05, 0) is 71.0 Å². The van der Waals surface area contributed by atoms with Gasteiger partial charge in [-0.1, -0.05) is 34.6 Å². The molecule has 0 saturated carbocycles. The molecule has 2 atom stereocenters. The molecule has 4 rings (SSSR count). The Morgan fingerprint density at radius 3 is 2.14 bits per heavy atom. The molecule has 0 amide bonds. The number of aliphatic hydroxyl groups is 2. The van der Waals surface area contributed by atoms with Crippen molar-refractivity contribution >= 4 is 11.4 Å². The predicted octanol–water partition coefficient (Wildman–Crippen LogP) is 4.75. The summed E-state index contributed by atoms with van der Waals surface area (Å²) >= 11 is 0. The molecule has 2 unspecified atom stereocenters. The summed E-state index contributed by atoms with van der Waals surface area (Å²) in [6.07, 6.45) is 3.79. The molecule has 240 valence electrons. The molecule has 0 aromatic carbocycles. The van der Waals surface area contributed by atoms with Crippen LogP contribution in [0, 0.1) is 0 Å². The number of morpholine rings is 2. The van der Waals surface area contributed by atoms with Crippen molar-refractivity contribution in [2.24, 2.45) is 0 Å². The Balaban J connectivity index is 0.000000354. The van der Waals surface area contributed by atoms with Gasteiger partial charge in [-0.25, -0.2) is 0 Å². The largest absolute Gasteiger partial charge is 0.394 e. The normalized spacial score (nSPS) is 17.4. The standard InChI is InChI=1S/C14H23N3O.C14H22N2O2.C3H8O.C2H6/c1-4-12-5-6-14(13(15-12)11-16(2)3)17-7-9-18-10-8-17;1-3-11(2)14-5-4-12(8-15-14)16-6-7-18-13(9-16)10-17;1-3(2)4;1-2/h5-6H,4,7-11H2,1-3H3;4-5,8,11,13,17H,3,6-7,9-10H2,1-2H3;3-4H,1-2H3;1-2H3. The summed E-state index contributed by atoms with van der Waals surface area (Å²) in [6, 6.07) is 8.58. The van der Waals surface area contributed by atoms with Gasteiger partial charge in [0.05, 0.1) is 55.8 Å². The third-order valence-electron chi connectivity index (χ3n) is 6.78. The Bertz CT molecular complexity index is 949. The van der Waals surface area contributed by atoms with Crippen molar-refractivity contribution in [2.45, 2.75) is 86.0 Å². The van der Waals surface area contributed by atoms with E-state index in [0.717, 1.165) is 70.2 Å². The van der Waals surface area contributed by atoms with E-state index in [9.17, 15) is 0 Å². The topological polar surface area (TPSA) is 94.4 Å². The molecule has 42 heavy (non-hydrogen) atoms. The van der Waals surface area contributed by atoms with Crippen molar-refractivity contribution in [3.8, 4) is 0 Å². The van der Waals surface area contributed by atoms with Crippen LogP contribution in [0.2, 0.25) is 0 Å². The van der Waals surface area contributed by atoms with Gasteiger partial charge < -0.3 is 34.4 Å². The molecule has 2 aromatic rings. The molecular weight excluding hydrogens is 530 g/mol. The van der Waals surface area contributed by atoms with Crippen LogP contribution in [-0.2, 0) is 22.4 Å². The summed E-state index contributed by atoms with van der Waals surface area (Å²) in [5.41, 5.74) is 5.88. The van der Waals surface area contributed by atoms with Crippen molar-refractivity contribution in [3.05, 3.63) is 47.5 Å². The molecule has 2 N–H and O–H groups in total. The number of hydrogen-bond acceptors (Lipinski definition) is 9. The Hall–Kier alpha value is -2.30. The van der Waals surface area contributed by atoms with Crippen LogP contribution in [-0.4, -0.2) is 104 Å². The second-order valence-electron chi connectivity index (χ2n) is 10.9. The molecule has 0 bridgehead atoms. The summed E-state index contributed by atoms with van der Waals surface area (Å²) in [4.78, 5) is 16.1. The lowest BCUT2D eigenvalue weighted by Gasteiger charge is -2.33. The predicted molar refractivity (Wildman–Crippen MR) is 175 cm³/mol. The van der Waals surface area contributed by atoms with E-state index < -0.39 is 0 Å². The van der Waals surface area contributed by atoms with E-state index in [-0.39, 0.29) is 18.8 Å². The third kappa shape index (κ3) is 13.8. The van der Waals surface area contributed by atoms with E-state index in [1.54, 1.807) is 13.8 Å². The van der Waals surface area contributed by atoms with E-state index in [0.29, 0.717) is 12.5 Å². The van der Waals surface area contributed by atoms with Gasteiger partial charge >= 0.3 is 0 Å². The lowest BCUT2D eigenvalue weighted by molar-refractivity contribution is 0.00355. The number of nitrogens with zero attached hydrogens (tertiary/aromatic N) is 5.